The molecular formula is C23H26N4O4S. The van der Waals surface area contributed by atoms with Crippen molar-refractivity contribution in [1.82, 2.24) is 15.0 Å². The molecule has 2 heterocycles. The maximum atomic E-state index is 13.3. The van der Waals surface area contributed by atoms with Crippen molar-refractivity contribution in [3.8, 4) is 0 Å². The summed E-state index contributed by atoms with van der Waals surface area (Å²) in [5.41, 5.74) is 1.58. The van der Waals surface area contributed by atoms with E-state index in [0.717, 1.165) is 24.8 Å². The number of carbonyl (C=O) groups excluding carboxylic acids is 2. The van der Waals surface area contributed by atoms with Gasteiger partial charge in [-0.2, -0.15) is 4.68 Å². The molecular weight excluding hydrogens is 428 g/mol. The second kappa shape index (κ2) is 9.20. The lowest BCUT2D eigenvalue weighted by atomic mass is 9.89. The van der Waals surface area contributed by atoms with Crippen molar-refractivity contribution in [3.05, 3.63) is 50.6 Å². The maximum Gasteiger partial charge on any atom is 0.338 e. The predicted octanol–water partition coefficient (Wildman–Crippen LogP) is 3.74. The summed E-state index contributed by atoms with van der Waals surface area (Å²) in [7, 11) is 0. The van der Waals surface area contributed by atoms with Gasteiger partial charge in [-0.15, -0.1) is 16.4 Å². The van der Waals surface area contributed by atoms with Crippen LogP contribution in [0.2, 0.25) is 0 Å². The van der Waals surface area contributed by atoms with Gasteiger partial charge in [-0.1, -0.05) is 25.1 Å². The summed E-state index contributed by atoms with van der Waals surface area (Å²) in [6, 6.07) is 5.70. The van der Waals surface area contributed by atoms with Crippen LogP contribution < -0.4 is 10.9 Å². The first-order chi connectivity index (χ1) is 15.4. The number of fused-ring (bicyclic) bond motifs is 3. The zero-order chi connectivity index (χ0) is 22.8. The van der Waals surface area contributed by atoms with Crippen molar-refractivity contribution in [3.63, 3.8) is 0 Å². The number of rotatable bonds is 6. The first-order valence-electron chi connectivity index (χ1n) is 10.9. The number of esters is 1. The highest BCUT2D eigenvalue weighted by atomic mass is 32.1. The zero-order valence-corrected chi connectivity index (χ0v) is 19.2. The van der Waals surface area contributed by atoms with Gasteiger partial charge >= 0.3 is 5.97 Å². The van der Waals surface area contributed by atoms with E-state index >= 15 is 0 Å². The van der Waals surface area contributed by atoms with E-state index in [1.807, 2.05) is 6.92 Å². The Balaban J connectivity index is 1.63. The Morgan fingerprint density at radius 2 is 2.16 bits per heavy atom. The van der Waals surface area contributed by atoms with Gasteiger partial charge in [0.05, 0.1) is 17.6 Å². The van der Waals surface area contributed by atoms with Crippen LogP contribution in [0, 0.1) is 5.92 Å². The summed E-state index contributed by atoms with van der Waals surface area (Å²) >= 11 is 1.53. The molecule has 3 aromatic rings. The molecule has 1 aliphatic rings. The smallest absolute Gasteiger partial charge is 0.338 e. The maximum absolute atomic E-state index is 13.3. The van der Waals surface area contributed by atoms with Crippen molar-refractivity contribution in [2.75, 3.05) is 11.9 Å². The van der Waals surface area contributed by atoms with Crippen LogP contribution >= 0.6 is 11.3 Å². The number of aryl methyl sites for hydroxylation is 1. The molecule has 0 saturated heterocycles. The normalized spacial score (nSPS) is 16.4. The molecule has 2 unspecified atom stereocenters. The molecule has 1 aliphatic carbocycles. The molecule has 1 aromatic carbocycles. The number of nitrogens with zero attached hydrogens (tertiary/aromatic N) is 3. The van der Waals surface area contributed by atoms with Crippen molar-refractivity contribution in [2.45, 2.75) is 52.5 Å². The van der Waals surface area contributed by atoms with E-state index < -0.39 is 12.0 Å². The summed E-state index contributed by atoms with van der Waals surface area (Å²) in [4.78, 5) is 40.2. The summed E-state index contributed by atoms with van der Waals surface area (Å²) in [5, 5.41) is 11.8. The monoisotopic (exact) mass is 454 g/mol. The minimum Gasteiger partial charge on any atom is -0.462 e. The van der Waals surface area contributed by atoms with Gasteiger partial charge in [-0.25, -0.2) is 4.79 Å². The molecule has 0 radical (unpaired) electrons. The van der Waals surface area contributed by atoms with Gasteiger partial charge in [0, 0.05) is 10.6 Å². The minimum atomic E-state index is -0.816. The molecule has 2 aromatic heterocycles. The molecule has 32 heavy (non-hydrogen) atoms. The average molecular weight is 455 g/mol. The number of anilines is 1. The molecule has 4 rings (SSSR count). The molecule has 1 amide bonds. The molecule has 0 aliphatic heterocycles. The van der Waals surface area contributed by atoms with E-state index in [1.54, 1.807) is 31.2 Å². The topological polar surface area (TPSA) is 103 Å². The predicted molar refractivity (Wildman–Crippen MR) is 123 cm³/mol. The van der Waals surface area contributed by atoms with E-state index in [0.29, 0.717) is 33.8 Å². The Morgan fingerprint density at radius 1 is 1.34 bits per heavy atom. The molecule has 0 spiro atoms. The Labute approximate surface area is 189 Å². The Morgan fingerprint density at radius 3 is 2.91 bits per heavy atom. The largest absolute Gasteiger partial charge is 0.462 e. The first kappa shape index (κ1) is 22.1. The molecule has 2 atom stereocenters. The molecule has 0 bridgehead atoms. The molecule has 9 heteroatoms. The van der Waals surface area contributed by atoms with E-state index in [2.05, 4.69) is 22.6 Å². The molecule has 0 saturated carbocycles. The lowest BCUT2D eigenvalue weighted by Crippen LogP contribution is -2.35. The van der Waals surface area contributed by atoms with Gasteiger partial charge in [0.25, 0.3) is 5.56 Å². The fourth-order valence-corrected chi connectivity index (χ4v) is 5.43. The van der Waals surface area contributed by atoms with Gasteiger partial charge in [0.1, 0.15) is 6.04 Å². The lowest BCUT2D eigenvalue weighted by molar-refractivity contribution is -0.119. The van der Waals surface area contributed by atoms with Crippen molar-refractivity contribution in [1.29, 1.82) is 0 Å². The number of hydrogen-bond acceptors (Lipinski definition) is 7. The highest BCUT2D eigenvalue weighted by Crippen LogP contribution is 2.35. The zero-order valence-electron chi connectivity index (χ0n) is 18.4. The van der Waals surface area contributed by atoms with E-state index in [1.165, 1.54) is 20.9 Å². The van der Waals surface area contributed by atoms with Gasteiger partial charge in [-0.3, -0.25) is 9.59 Å². The van der Waals surface area contributed by atoms with Crippen LogP contribution in [0.5, 0.6) is 0 Å². The van der Waals surface area contributed by atoms with Crippen LogP contribution in [0.3, 0.4) is 0 Å². The van der Waals surface area contributed by atoms with E-state index in [9.17, 15) is 14.4 Å². The molecule has 1 N–H and O–H groups in total. The Hall–Kier alpha value is -3.07. The lowest BCUT2D eigenvalue weighted by Gasteiger charge is -2.18. The Kier molecular flexibility index (Phi) is 6.36. The quantitative estimate of drug-likeness (QED) is 0.569. The number of benzene rings is 1. The fourth-order valence-electron chi connectivity index (χ4n) is 4.11. The van der Waals surface area contributed by atoms with Crippen LogP contribution in [-0.4, -0.2) is 33.5 Å². The number of amides is 1. The number of carbonyl (C=O) groups is 2. The summed E-state index contributed by atoms with van der Waals surface area (Å²) < 4.78 is 6.20. The third-order valence-electron chi connectivity index (χ3n) is 5.77. The van der Waals surface area contributed by atoms with Gasteiger partial charge in [0.2, 0.25) is 5.91 Å². The minimum absolute atomic E-state index is 0.266. The summed E-state index contributed by atoms with van der Waals surface area (Å²) in [6.45, 7) is 6.03. The second-order valence-corrected chi connectivity index (χ2v) is 9.17. The number of nitrogens with one attached hydrogen (secondary N) is 1. The molecule has 8 nitrogen and oxygen atoms in total. The van der Waals surface area contributed by atoms with Crippen LogP contribution in [0.25, 0.3) is 10.2 Å². The average Bonchev–Trinajstić information content (AvgIpc) is 3.14. The fraction of sp³-hybridized carbons (Fsp3) is 0.435. The molecule has 0 fully saturated rings. The SMILES string of the molecule is CCOC(=O)c1cccc(NC(=O)C(CC)n2nnc3sc4c(c3c2=O)CCC(C)C4)c1. The molecule has 168 valence electrons. The van der Waals surface area contributed by atoms with E-state index in [-0.39, 0.29) is 18.1 Å². The van der Waals surface area contributed by atoms with Crippen molar-refractivity contribution < 1.29 is 14.3 Å². The highest BCUT2D eigenvalue weighted by molar-refractivity contribution is 7.18. The third kappa shape index (κ3) is 4.17. The van der Waals surface area contributed by atoms with Crippen LogP contribution in [-0.2, 0) is 22.4 Å². The second-order valence-electron chi connectivity index (χ2n) is 8.09. The van der Waals surface area contributed by atoms with Gasteiger partial charge < -0.3 is 10.1 Å². The highest BCUT2D eigenvalue weighted by Gasteiger charge is 2.27. The summed E-state index contributed by atoms with van der Waals surface area (Å²) in [5.74, 6) is -0.257. The van der Waals surface area contributed by atoms with Crippen molar-refractivity contribution >= 4 is 39.1 Å². The van der Waals surface area contributed by atoms with Crippen LogP contribution in [0.4, 0.5) is 5.69 Å². The standard InChI is InChI=1S/C23H26N4O4S/c1-4-17(20(28)24-15-8-6-7-14(12-15)23(30)31-5-2)27-22(29)19-16-10-9-13(3)11-18(16)32-21(19)25-26-27/h6-8,12-13,17H,4-5,9-11H2,1-3H3,(H,24,28). The van der Waals surface area contributed by atoms with Gasteiger partial charge in [-0.05, 0) is 62.3 Å². The first-order valence-corrected chi connectivity index (χ1v) is 11.7. The van der Waals surface area contributed by atoms with Crippen molar-refractivity contribution in [2.24, 2.45) is 5.92 Å². The van der Waals surface area contributed by atoms with E-state index in [4.69, 9.17) is 4.74 Å². The number of hydrogen-bond donors (Lipinski definition) is 1. The number of aromatic nitrogens is 3. The van der Waals surface area contributed by atoms with Crippen LogP contribution in [0.15, 0.2) is 29.1 Å². The number of ether oxygens (including phenoxy) is 1. The van der Waals surface area contributed by atoms with Gasteiger partial charge in [0.15, 0.2) is 4.83 Å². The summed E-state index contributed by atoms with van der Waals surface area (Å²) in [6.07, 6.45) is 3.20. The third-order valence-corrected chi connectivity index (χ3v) is 6.91. The van der Waals surface area contributed by atoms with Crippen LogP contribution in [0.1, 0.15) is 60.5 Å². The Bertz CT molecular complexity index is 1230. The number of thiophene rings is 1.